The first-order valence-electron chi connectivity index (χ1n) is 10.7. The maximum absolute atomic E-state index is 12.6. The molecule has 0 aliphatic rings. The van der Waals surface area contributed by atoms with E-state index in [9.17, 15) is 9.59 Å². The SMILES string of the molecule is CCC(=O)N(Cc1cccc(C)c1)c1ccc(CC(=O)N(C)Cc2ccccc2)cc1. The van der Waals surface area contributed by atoms with Crippen LogP contribution in [0.3, 0.4) is 0 Å². The Labute approximate surface area is 185 Å². The van der Waals surface area contributed by atoms with E-state index in [4.69, 9.17) is 0 Å². The van der Waals surface area contributed by atoms with Gasteiger partial charge in [0.2, 0.25) is 11.8 Å². The third-order valence-electron chi connectivity index (χ3n) is 5.32. The molecular weight excluding hydrogens is 384 g/mol. The number of carbonyl (C=O) groups excluding carboxylic acids is 2. The summed E-state index contributed by atoms with van der Waals surface area (Å²) in [4.78, 5) is 28.8. The Morgan fingerprint density at radius 1 is 0.742 bits per heavy atom. The van der Waals surface area contributed by atoms with Crippen molar-refractivity contribution in [1.29, 1.82) is 0 Å². The van der Waals surface area contributed by atoms with Crippen molar-refractivity contribution in [2.45, 2.75) is 39.8 Å². The number of carbonyl (C=O) groups is 2. The number of aryl methyl sites for hydroxylation is 1. The lowest BCUT2D eigenvalue weighted by Gasteiger charge is -2.23. The molecule has 0 bridgehead atoms. The van der Waals surface area contributed by atoms with E-state index in [1.54, 1.807) is 4.90 Å². The predicted molar refractivity (Wildman–Crippen MR) is 126 cm³/mol. The smallest absolute Gasteiger partial charge is 0.227 e. The molecule has 0 atom stereocenters. The topological polar surface area (TPSA) is 40.6 Å². The highest BCUT2D eigenvalue weighted by Gasteiger charge is 2.16. The molecule has 0 radical (unpaired) electrons. The Kier molecular flexibility index (Phi) is 7.60. The number of anilines is 1. The van der Waals surface area contributed by atoms with Crippen LogP contribution in [-0.4, -0.2) is 23.8 Å². The summed E-state index contributed by atoms with van der Waals surface area (Å²) in [5, 5.41) is 0. The molecule has 3 aromatic rings. The zero-order chi connectivity index (χ0) is 22.2. The molecule has 160 valence electrons. The average Bonchev–Trinajstić information content (AvgIpc) is 2.78. The highest BCUT2D eigenvalue weighted by atomic mass is 16.2. The van der Waals surface area contributed by atoms with Crippen molar-refractivity contribution in [1.82, 2.24) is 4.90 Å². The first-order chi connectivity index (χ1) is 15.0. The second-order valence-electron chi connectivity index (χ2n) is 7.90. The summed E-state index contributed by atoms with van der Waals surface area (Å²) in [5.74, 6) is 0.144. The molecule has 0 heterocycles. The zero-order valence-electron chi connectivity index (χ0n) is 18.5. The minimum absolute atomic E-state index is 0.0675. The quantitative estimate of drug-likeness (QED) is 0.512. The largest absolute Gasteiger partial charge is 0.341 e. The first kappa shape index (κ1) is 22.3. The lowest BCUT2D eigenvalue weighted by atomic mass is 10.1. The van der Waals surface area contributed by atoms with E-state index < -0.39 is 0 Å². The van der Waals surface area contributed by atoms with Gasteiger partial charge in [0.1, 0.15) is 0 Å². The summed E-state index contributed by atoms with van der Waals surface area (Å²) in [6.07, 6.45) is 0.777. The van der Waals surface area contributed by atoms with Gasteiger partial charge in [-0.1, -0.05) is 79.2 Å². The van der Waals surface area contributed by atoms with Gasteiger partial charge in [-0.05, 0) is 35.7 Å². The molecule has 3 aromatic carbocycles. The number of rotatable bonds is 8. The lowest BCUT2D eigenvalue weighted by Crippen LogP contribution is -2.30. The highest BCUT2D eigenvalue weighted by Crippen LogP contribution is 2.20. The van der Waals surface area contributed by atoms with Crippen LogP contribution in [0, 0.1) is 6.92 Å². The van der Waals surface area contributed by atoms with E-state index in [2.05, 4.69) is 19.1 Å². The second-order valence-corrected chi connectivity index (χ2v) is 7.90. The minimum Gasteiger partial charge on any atom is -0.341 e. The van der Waals surface area contributed by atoms with Gasteiger partial charge in [0.25, 0.3) is 0 Å². The Balaban J connectivity index is 1.67. The van der Waals surface area contributed by atoms with Crippen molar-refractivity contribution in [2.75, 3.05) is 11.9 Å². The standard InChI is InChI=1S/C27H30N2O2/c1-4-26(30)29(20-24-12-8-9-21(2)17-24)25-15-13-22(14-16-25)18-27(31)28(3)19-23-10-6-5-7-11-23/h5-17H,4,18-20H2,1-3H3. The van der Waals surface area contributed by atoms with Crippen molar-refractivity contribution in [2.24, 2.45) is 0 Å². The lowest BCUT2D eigenvalue weighted by molar-refractivity contribution is -0.129. The Morgan fingerprint density at radius 3 is 2.06 bits per heavy atom. The van der Waals surface area contributed by atoms with Gasteiger partial charge in [-0.25, -0.2) is 0 Å². The van der Waals surface area contributed by atoms with Crippen LogP contribution in [0.1, 0.15) is 35.6 Å². The summed E-state index contributed by atoms with van der Waals surface area (Å²) in [5.41, 5.74) is 5.17. The number of nitrogens with zero attached hydrogens (tertiary/aromatic N) is 2. The van der Waals surface area contributed by atoms with E-state index in [1.165, 1.54) is 5.56 Å². The molecule has 0 saturated heterocycles. The average molecular weight is 415 g/mol. The van der Waals surface area contributed by atoms with Crippen molar-refractivity contribution in [3.05, 3.63) is 101 Å². The van der Waals surface area contributed by atoms with Crippen LogP contribution in [0.2, 0.25) is 0 Å². The zero-order valence-corrected chi connectivity index (χ0v) is 18.5. The van der Waals surface area contributed by atoms with Crippen molar-refractivity contribution in [3.63, 3.8) is 0 Å². The van der Waals surface area contributed by atoms with Gasteiger partial charge in [-0.3, -0.25) is 9.59 Å². The summed E-state index contributed by atoms with van der Waals surface area (Å²) < 4.78 is 0. The van der Waals surface area contributed by atoms with Crippen molar-refractivity contribution >= 4 is 17.5 Å². The normalized spacial score (nSPS) is 10.5. The maximum atomic E-state index is 12.6. The fourth-order valence-corrected chi connectivity index (χ4v) is 3.56. The van der Waals surface area contributed by atoms with E-state index in [0.717, 1.165) is 22.4 Å². The van der Waals surface area contributed by atoms with Crippen LogP contribution in [0.4, 0.5) is 5.69 Å². The predicted octanol–water partition coefficient (Wildman–Crippen LogP) is 5.14. The van der Waals surface area contributed by atoms with E-state index >= 15 is 0 Å². The van der Waals surface area contributed by atoms with E-state index in [-0.39, 0.29) is 11.8 Å². The van der Waals surface area contributed by atoms with Crippen LogP contribution in [0.5, 0.6) is 0 Å². The molecule has 0 spiro atoms. The molecular formula is C27H30N2O2. The summed E-state index contributed by atoms with van der Waals surface area (Å²) >= 11 is 0. The Bertz CT molecular complexity index is 1010. The molecule has 4 nitrogen and oxygen atoms in total. The van der Waals surface area contributed by atoms with Gasteiger partial charge in [0.05, 0.1) is 13.0 Å². The number of likely N-dealkylation sites (N-methyl/N-ethyl adjacent to an activating group) is 1. The monoisotopic (exact) mass is 414 g/mol. The number of hydrogen-bond acceptors (Lipinski definition) is 2. The molecule has 0 unspecified atom stereocenters. The van der Waals surface area contributed by atoms with Gasteiger partial charge in [0, 0.05) is 25.7 Å². The molecule has 2 amide bonds. The number of hydrogen-bond donors (Lipinski definition) is 0. The fourth-order valence-electron chi connectivity index (χ4n) is 3.56. The molecule has 0 aliphatic carbocycles. The van der Waals surface area contributed by atoms with Crippen molar-refractivity contribution < 1.29 is 9.59 Å². The molecule has 0 saturated carbocycles. The molecule has 31 heavy (non-hydrogen) atoms. The molecule has 0 N–H and O–H groups in total. The molecule has 0 aromatic heterocycles. The van der Waals surface area contributed by atoms with Crippen LogP contribution >= 0.6 is 0 Å². The van der Waals surface area contributed by atoms with Crippen LogP contribution < -0.4 is 4.90 Å². The molecule has 4 heteroatoms. The number of benzene rings is 3. The van der Waals surface area contributed by atoms with Gasteiger partial charge in [-0.2, -0.15) is 0 Å². The first-order valence-corrected chi connectivity index (χ1v) is 10.7. The third kappa shape index (κ3) is 6.29. The fraction of sp³-hybridized carbons (Fsp3) is 0.259. The maximum Gasteiger partial charge on any atom is 0.227 e. The third-order valence-corrected chi connectivity index (χ3v) is 5.32. The van der Waals surface area contributed by atoms with Crippen LogP contribution in [0.25, 0.3) is 0 Å². The van der Waals surface area contributed by atoms with Gasteiger partial charge in [-0.15, -0.1) is 0 Å². The second kappa shape index (κ2) is 10.6. The molecule has 3 rings (SSSR count). The van der Waals surface area contributed by atoms with Crippen LogP contribution in [0.15, 0.2) is 78.9 Å². The van der Waals surface area contributed by atoms with Gasteiger partial charge in [0.15, 0.2) is 0 Å². The Morgan fingerprint density at radius 2 is 1.42 bits per heavy atom. The van der Waals surface area contributed by atoms with Gasteiger partial charge >= 0.3 is 0 Å². The summed E-state index contributed by atoms with van der Waals surface area (Å²) in [7, 11) is 1.83. The summed E-state index contributed by atoms with van der Waals surface area (Å²) in [6.45, 7) is 5.05. The minimum atomic E-state index is 0.0675. The highest BCUT2D eigenvalue weighted by molar-refractivity contribution is 5.93. The van der Waals surface area contributed by atoms with Gasteiger partial charge < -0.3 is 9.80 Å². The molecule has 0 fully saturated rings. The molecule has 0 aliphatic heterocycles. The Hall–Kier alpha value is -3.40. The van der Waals surface area contributed by atoms with Crippen molar-refractivity contribution in [3.8, 4) is 0 Å². The van der Waals surface area contributed by atoms with E-state index in [0.29, 0.717) is 25.9 Å². The van der Waals surface area contributed by atoms with Crippen LogP contribution in [-0.2, 0) is 29.1 Å². The summed E-state index contributed by atoms with van der Waals surface area (Å²) in [6, 6.07) is 25.9. The van der Waals surface area contributed by atoms with E-state index in [1.807, 2.05) is 85.6 Å². The number of amides is 2.